The molecule has 0 fully saturated rings. The molecule has 21 heavy (non-hydrogen) atoms. The number of H-pyrrole nitrogens is 1. The van der Waals surface area contributed by atoms with Crippen LogP contribution in [0.25, 0.3) is 11.0 Å². The number of nitrogens with two attached hydrogens (primary N) is 1. The van der Waals surface area contributed by atoms with E-state index in [2.05, 4.69) is 9.97 Å². The molecule has 3 aromatic rings. The van der Waals surface area contributed by atoms with Gasteiger partial charge in [0, 0.05) is 18.5 Å². The van der Waals surface area contributed by atoms with Gasteiger partial charge >= 0.3 is 0 Å². The lowest BCUT2D eigenvalue weighted by molar-refractivity contribution is 0.590. The molecule has 3 rings (SSSR count). The molecule has 2 aromatic carbocycles. The molecule has 1 heterocycles. The number of nitrogens with zero attached hydrogens (tertiary/aromatic N) is 1. The normalized spacial score (nSPS) is 12.7. The van der Waals surface area contributed by atoms with Gasteiger partial charge in [0.2, 0.25) is 0 Å². The van der Waals surface area contributed by atoms with Crippen molar-refractivity contribution in [3.63, 3.8) is 0 Å². The van der Waals surface area contributed by atoms with Crippen molar-refractivity contribution in [3.8, 4) is 0 Å². The average Bonchev–Trinajstić information content (AvgIpc) is 2.89. The second kappa shape index (κ2) is 5.61. The van der Waals surface area contributed by atoms with Gasteiger partial charge in [-0.3, -0.25) is 0 Å². The summed E-state index contributed by atoms with van der Waals surface area (Å²) >= 11 is 0. The van der Waals surface area contributed by atoms with Crippen LogP contribution in [0.15, 0.2) is 42.5 Å². The third-order valence-corrected chi connectivity index (χ3v) is 3.47. The molecule has 0 amide bonds. The molecular formula is C16H15F2N3. The molecule has 3 nitrogen and oxygen atoms in total. The van der Waals surface area contributed by atoms with Gasteiger partial charge in [-0.15, -0.1) is 0 Å². The van der Waals surface area contributed by atoms with Gasteiger partial charge in [-0.1, -0.05) is 30.3 Å². The molecule has 0 spiro atoms. The number of halogens is 2. The maximum Gasteiger partial charge on any atom is 0.153 e. The third kappa shape index (κ3) is 2.92. The van der Waals surface area contributed by atoms with Gasteiger partial charge in [0.25, 0.3) is 0 Å². The summed E-state index contributed by atoms with van der Waals surface area (Å²) in [7, 11) is 0. The Balaban J connectivity index is 1.75. The number of hydrogen-bond acceptors (Lipinski definition) is 2. The number of hydrogen-bond donors (Lipinski definition) is 2. The van der Waals surface area contributed by atoms with Crippen molar-refractivity contribution in [3.05, 3.63) is 65.5 Å². The van der Waals surface area contributed by atoms with E-state index in [4.69, 9.17) is 5.73 Å². The predicted molar refractivity (Wildman–Crippen MR) is 77.7 cm³/mol. The summed E-state index contributed by atoms with van der Waals surface area (Å²) in [5.41, 5.74) is 7.70. The first kappa shape index (κ1) is 13.7. The minimum atomic E-state index is -0.653. The highest BCUT2D eigenvalue weighted by atomic mass is 19.1. The molecule has 1 atom stereocenters. The number of fused-ring (bicyclic) bond motifs is 1. The fraction of sp³-hybridized carbons (Fsp3) is 0.188. The maximum atomic E-state index is 13.6. The Hall–Kier alpha value is -2.27. The highest BCUT2D eigenvalue weighted by Crippen LogP contribution is 2.20. The SMILES string of the molecule is NC(CCc1nc2c(F)cc(F)cc2[nH]1)c1ccccc1. The van der Waals surface area contributed by atoms with Crippen LogP contribution in [0.3, 0.4) is 0 Å². The fourth-order valence-electron chi connectivity index (χ4n) is 2.37. The first-order valence-electron chi connectivity index (χ1n) is 6.77. The first-order valence-corrected chi connectivity index (χ1v) is 6.77. The van der Waals surface area contributed by atoms with E-state index in [-0.39, 0.29) is 11.6 Å². The van der Waals surface area contributed by atoms with Crippen LogP contribution in [0.4, 0.5) is 8.78 Å². The lowest BCUT2D eigenvalue weighted by Crippen LogP contribution is -2.11. The largest absolute Gasteiger partial charge is 0.342 e. The van der Waals surface area contributed by atoms with Crippen molar-refractivity contribution in [2.24, 2.45) is 5.73 Å². The number of aromatic nitrogens is 2. The van der Waals surface area contributed by atoms with Crippen LogP contribution in [0.1, 0.15) is 23.9 Å². The summed E-state index contributed by atoms with van der Waals surface area (Å²) in [4.78, 5) is 7.10. The van der Waals surface area contributed by atoms with Crippen LogP contribution in [-0.2, 0) is 6.42 Å². The highest BCUT2D eigenvalue weighted by molar-refractivity contribution is 5.75. The Labute approximate surface area is 120 Å². The van der Waals surface area contributed by atoms with E-state index in [1.54, 1.807) is 0 Å². The Morgan fingerprint density at radius 3 is 2.67 bits per heavy atom. The molecular weight excluding hydrogens is 272 g/mol. The predicted octanol–water partition coefficient (Wildman–Crippen LogP) is 3.47. The van der Waals surface area contributed by atoms with Gasteiger partial charge in [-0.05, 0) is 18.1 Å². The number of nitrogens with one attached hydrogen (secondary N) is 1. The number of benzene rings is 2. The Morgan fingerprint density at radius 1 is 1.14 bits per heavy atom. The van der Waals surface area contributed by atoms with Crippen LogP contribution >= 0.6 is 0 Å². The van der Waals surface area contributed by atoms with Gasteiger partial charge in [-0.2, -0.15) is 0 Å². The van der Waals surface area contributed by atoms with Crippen LogP contribution in [-0.4, -0.2) is 9.97 Å². The smallest absolute Gasteiger partial charge is 0.153 e. The van der Waals surface area contributed by atoms with Crippen molar-refractivity contribution in [2.75, 3.05) is 0 Å². The van der Waals surface area contributed by atoms with Crippen LogP contribution in [0.2, 0.25) is 0 Å². The summed E-state index contributed by atoms with van der Waals surface area (Å²) in [5, 5.41) is 0. The molecule has 0 radical (unpaired) electrons. The molecule has 0 aliphatic carbocycles. The summed E-state index contributed by atoms with van der Waals surface area (Å²) < 4.78 is 26.7. The Kier molecular flexibility index (Phi) is 3.66. The van der Waals surface area contributed by atoms with Gasteiger partial charge in [0.15, 0.2) is 5.82 Å². The van der Waals surface area contributed by atoms with E-state index >= 15 is 0 Å². The molecule has 5 heteroatoms. The first-order chi connectivity index (χ1) is 10.1. The fourth-order valence-corrected chi connectivity index (χ4v) is 2.37. The van der Waals surface area contributed by atoms with Crippen LogP contribution in [0, 0.1) is 11.6 Å². The Morgan fingerprint density at radius 2 is 1.90 bits per heavy atom. The number of imidazole rings is 1. The lowest BCUT2D eigenvalue weighted by Gasteiger charge is -2.10. The Bertz CT molecular complexity index is 753. The molecule has 0 bridgehead atoms. The molecule has 0 saturated heterocycles. The van der Waals surface area contributed by atoms with E-state index in [1.807, 2.05) is 30.3 Å². The number of aromatic amines is 1. The van der Waals surface area contributed by atoms with Gasteiger partial charge < -0.3 is 10.7 Å². The molecule has 0 saturated carbocycles. The van der Waals surface area contributed by atoms with Crippen molar-refractivity contribution < 1.29 is 8.78 Å². The van der Waals surface area contributed by atoms with Gasteiger partial charge in [0.1, 0.15) is 17.2 Å². The third-order valence-electron chi connectivity index (χ3n) is 3.47. The molecule has 0 aliphatic heterocycles. The minimum absolute atomic E-state index is 0.110. The molecule has 1 aromatic heterocycles. The van der Waals surface area contributed by atoms with E-state index in [0.29, 0.717) is 24.2 Å². The van der Waals surface area contributed by atoms with Crippen molar-refractivity contribution in [2.45, 2.75) is 18.9 Å². The minimum Gasteiger partial charge on any atom is -0.342 e. The van der Waals surface area contributed by atoms with Crippen molar-refractivity contribution in [1.29, 1.82) is 0 Å². The zero-order valence-corrected chi connectivity index (χ0v) is 11.3. The molecule has 1 unspecified atom stereocenters. The second-order valence-electron chi connectivity index (χ2n) is 5.02. The van der Waals surface area contributed by atoms with Crippen molar-refractivity contribution >= 4 is 11.0 Å². The highest BCUT2D eigenvalue weighted by Gasteiger charge is 2.11. The second-order valence-corrected chi connectivity index (χ2v) is 5.02. The van der Waals surface area contributed by atoms with E-state index in [1.165, 1.54) is 6.07 Å². The van der Waals surface area contributed by atoms with E-state index in [0.717, 1.165) is 11.6 Å². The van der Waals surface area contributed by atoms with E-state index in [9.17, 15) is 8.78 Å². The van der Waals surface area contributed by atoms with Gasteiger partial charge in [0.05, 0.1) is 5.52 Å². The number of aryl methyl sites for hydroxylation is 1. The molecule has 108 valence electrons. The average molecular weight is 287 g/mol. The summed E-state index contributed by atoms with van der Waals surface area (Å²) in [6, 6.07) is 11.7. The summed E-state index contributed by atoms with van der Waals surface area (Å²) in [6.07, 6.45) is 1.25. The lowest BCUT2D eigenvalue weighted by atomic mass is 10.0. The quantitative estimate of drug-likeness (QED) is 0.772. The standard InChI is InChI=1S/C16H15F2N3/c17-11-8-12(18)16-14(9-11)20-15(21-16)7-6-13(19)10-4-2-1-3-5-10/h1-5,8-9,13H,6-7,19H2,(H,20,21). The topological polar surface area (TPSA) is 54.7 Å². The van der Waals surface area contributed by atoms with Crippen LogP contribution in [0.5, 0.6) is 0 Å². The maximum absolute atomic E-state index is 13.6. The molecule has 3 N–H and O–H groups in total. The number of rotatable bonds is 4. The van der Waals surface area contributed by atoms with Crippen molar-refractivity contribution in [1.82, 2.24) is 9.97 Å². The monoisotopic (exact) mass is 287 g/mol. The van der Waals surface area contributed by atoms with E-state index < -0.39 is 11.6 Å². The zero-order chi connectivity index (χ0) is 14.8. The molecule has 0 aliphatic rings. The van der Waals surface area contributed by atoms with Crippen LogP contribution < -0.4 is 5.73 Å². The summed E-state index contributed by atoms with van der Waals surface area (Å²) in [5.74, 6) is -0.656. The zero-order valence-electron chi connectivity index (χ0n) is 11.3. The van der Waals surface area contributed by atoms with Gasteiger partial charge in [-0.25, -0.2) is 13.8 Å². The summed E-state index contributed by atoms with van der Waals surface area (Å²) in [6.45, 7) is 0.